The largest absolute Gasteiger partial charge is 0.392 e. The molecular weight excluding hydrogens is 361 g/mol. The first-order valence-corrected chi connectivity index (χ1v) is 8.34. The molecule has 112 valence electrons. The van der Waals surface area contributed by atoms with Crippen LogP contribution < -0.4 is 4.72 Å². The van der Waals surface area contributed by atoms with Gasteiger partial charge in [-0.3, -0.25) is 0 Å². The van der Waals surface area contributed by atoms with Crippen LogP contribution in [0.4, 0.5) is 4.39 Å². The van der Waals surface area contributed by atoms with Gasteiger partial charge in [0.05, 0.1) is 11.5 Å². The fourth-order valence-electron chi connectivity index (χ4n) is 1.75. The number of rotatable bonds is 5. The molecule has 0 saturated carbocycles. The van der Waals surface area contributed by atoms with Crippen LogP contribution in [0.3, 0.4) is 0 Å². The van der Waals surface area contributed by atoms with Gasteiger partial charge in [-0.15, -0.1) is 0 Å². The van der Waals surface area contributed by atoms with Crippen molar-refractivity contribution in [3.05, 3.63) is 63.9 Å². The topological polar surface area (TPSA) is 66.4 Å². The fourth-order valence-corrected chi connectivity index (χ4v) is 3.88. The Labute approximate surface area is 130 Å². The highest BCUT2D eigenvalue weighted by molar-refractivity contribution is 9.10. The summed E-state index contributed by atoms with van der Waals surface area (Å²) >= 11 is 3.16. The van der Waals surface area contributed by atoms with E-state index in [4.69, 9.17) is 5.11 Å². The van der Waals surface area contributed by atoms with Crippen LogP contribution in [0.2, 0.25) is 0 Å². The smallest absolute Gasteiger partial charge is 0.241 e. The molecule has 0 radical (unpaired) electrons. The average Bonchev–Trinajstić information content (AvgIpc) is 2.46. The van der Waals surface area contributed by atoms with Gasteiger partial charge in [-0.1, -0.05) is 24.3 Å². The Bertz CT molecular complexity index is 750. The summed E-state index contributed by atoms with van der Waals surface area (Å²) in [5.74, 6) is -0.463. The minimum atomic E-state index is -3.78. The Balaban J connectivity index is 2.21. The lowest BCUT2D eigenvalue weighted by Crippen LogP contribution is -2.24. The maximum Gasteiger partial charge on any atom is 0.241 e. The molecule has 0 unspecified atom stereocenters. The SMILES string of the molecule is O=S(=O)(NCc1ccccc1F)c1ccc(CO)cc1Br. The number of nitrogens with one attached hydrogen (secondary N) is 1. The Kier molecular flexibility index (Phi) is 5.10. The van der Waals surface area contributed by atoms with Gasteiger partial charge in [-0.2, -0.15) is 0 Å². The zero-order valence-electron chi connectivity index (χ0n) is 10.9. The molecule has 0 aliphatic carbocycles. The molecule has 0 aromatic heterocycles. The van der Waals surface area contributed by atoms with E-state index in [2.05, 4.69) is 20.7 Å². The molecule has 0 heterocycles. The lowest BCUT2D eigenvalue weighted by molar-refractivity contribution is 0.281. The Morgan fingerprint density at radius 1 is 1.19 bits per heavy atom. The van der Waals surface area contributed by atoms with Gasteiger partial charge in [-0.25, -0.2) is 17.5 Å². The van der Waals surface area contributed by atoms with E-state index < -0.39 is 15.8 Å². The van der Waals surface area contributed by atoms with Crippen LogP contribution in [0.1, 0.15) is 11.1 Å². The van der Waals surface area contributed by atoms with E-state index in [0.29, 0.717) is 10.0 Å². The number of halogens is 2. The van der Waals surface area contributed by atoms with E-state index in [1.807, 2.05) is 0 Å². The van der Waals surface area contributed by atoms with Gasteiger partial charge in [-0.05, 0) is 39.7 Å². The second-order valence-electron chi connectivity index (χ2n) is 4.34. The molecule has 2 aromatic carbocycles. The molecule has 2 rings (SSSR count). The molecule has 0 amide bonds. The fraction of sp³-hybridized carbons (Fsp3) is 0.143. The summed E-state index contributed by atoms with van der Waals surface area (Å²) in [6.45, 7) is -0.315. The zero-order valence-corrected chi connectivity index (χ0v) is 13.3. The predicted molar refractivity (Wildman–Crippen MR) is 80.5 cm³/mol. The summed E-state index contributed by atoms with van der Waals surface area (Å²) in [7, 11) is -3.78. The molecule has 0 aliphatic heterocycles. The standard InChI is InChI=1S/C14H13BrFNO3S/c15-12-7-10(9-18)5-6-14(12)21(19,20)17-8-11-3-1-2-4-13(11)16/h1-7,17-18H,8-9H2. The number of hydrogen-bond donors (Lipinski definition) is 2. The van der Waals surface area contributed by atoms with Gasteiger partial charge in [0.2, 0.25) is 10.0 Å². The molecule has 0 bridgehead atoms. The highest BCUT2D eigenvalue weighted by Crippen LogP contribution is 2.23. The maximum absolute atomic E-state index is 13.5. The number of hydrogen-bond acceptors (Lipinski definition) is 3. The van der Waals surface area contributed by atoms with Crippen LogP contribution in [0.5, 0.6) is 0 Å². The van der Waals surface area contributed by atoms with Crippen LogP contribution in [-0.4, -0.2) is 13.5 Å². The Morgan fingerprint density at radius 3 is 2.52 bits per heavy atom. The summed E-state index contributed by atoms with van der Waals surface area (Å²) in [6, 6.07) is 10.4. The van der Waals surface area contributed by atoms with E-state index in [9.17, 15) is 12.8 Å². The predicted octanol–water partition coefficient (Wildman–Crippen LogP) is 2.56. The second-order valence-corrected chi connectivity index (χ2v) is 6.93. The van der Waals surface area contributed by atoms with Gasteiger partial charge in [0.25, 0.3) is 0 Å². The lowest BCUT2D eigenvalue weighted by Gasteiger charge is -2.10. The summed E-state index contributed by atoms with van der Waals surface area (Å²) in [6.07, 6.45) is 0. The van der Waals surface area contributed by atoms with Crippen molar-refractivity contribution in [2.24, 2.45) is 0 Å². The molecule has 0 atom stereocenters. The van der Waals surface area contributed by atoms with Crippen LogP contribution in [0, 0.1) is 5.82 Å². The molecule has 7 heteroatoms. The number of sulfonamides is 1. The van der Waals surface area contributed by atoms with Crippen LogP contribution >= 0.6 is 15.9 Å². The van der Waals surface area contributed by atoms with Gasteiger partial charge >= 0.3 is 0 Å². The Morgan fingerprint density at radius 2 is 1.90 bits per heavy atom. The summed E-state index contributed by atoms with van der Waals surface area (Å²) in [5, 5.41) is 9.01. The quantitative estimate of drug-likeness (QED) is 0.846. The lowest BCUT2D eigenvalue weighted by atomic mass is 10.2. The van der Waals surface area contributed by atoms with Gasteiger partial charge in [0.1, 0.15) is 5.82 Å². The zero-order chi connectivity index (χ0) is 15.5. The van der Waals surface area contributed by atoms with Gasteiger partial charge in [0, 0.05) is 16.6 Å². The second kappa shape index (κ2) is 6.65. The minimum Gasteiger partial charge on any atom is -0.392 e. The third-order valence-electron chi connectivity index (χ3n) is 2.88. The van der Waals surface area contributed by atoms with Gasteiger partial charge in [0.15, 0.2) is 0 Å². The van der Waals surface area contributed by atoms with E-state index in [1.54, 1.807) is 6.07 Å². The van der Waals surface area contributed by atoms with E-state index >= 15 is 0 Å². The average molecular weight is 374 g/mol. The summed E-state index contributed by atoms with van der Waals surface area (Å²) in [5.41, 5.74) is 0.860. The molecular formula is C14H13BrFNO3S. The van der Waals surface area contributed by atoms with Crippen LogP contribution in [0.15, 0.2) is 51.8 Å². The van der Waals surface area contributed by atoms with Crippen molar-refractivity contribution in [1.29, 1.82) is 0 Å². The van der Waals surface area contributed by atoms with Crippen molar-refractivity contribution >= 4 is 26.0 Å². The molecule has 21 heavy (non-hydrogen) atoms. The van der Waals surface area contributed by atoms with Crippen molar-refractivity contribution in [2.75, 3.05) is 0 Å². The number of benzene rings is 2. The van der Waals surface area contributed by atoms with Gasteiger partial charge < -0.3 is 5.11 Å². The van der Waals surface area contributed by atoms with E-state index in [1.165, 1.54) is 36.4 Å². The van der Waals surface area contributed by atoms with Crippen LogP contribution in [-0.2, 0) is 23.2 Å². The molecule has 0 spiro atoms. The molecule has 2 aromatic rings. The minimum absolute atomic E-state index is 0.0380. The highest BCUT2D eigenvalue weighted by atomic mass is 79.9. The van der Waals surface area contributed by atoms with Crippen molar-refractivity contribution < 1.29 is 17.9 Å². The van der Waals surface area contributed by atoms with E-state index in [-0.39, 0.29) is 23.6 Å². The third kappa shape index (κ3) is 3.88. The summed E-state index contributed by atoms with van der Waals surface area (Å²) < 4.78 is 40.6. The van der Waals surface area contributed by atoms with Crippen molar-refractivity contribution in [1.82, 2.24) is 4.72 Å². The molecule has 0 saturated heterocycles. The molecule has 0 fully saturated rings. The van der Waals surface area contributed by atoms with Crippen molar-refractivity contribution in [3.63, 3.8) is 0 Å². The number of aliphatic hydroxyl groups is 1. The van der Waals surface area contributed by atoms with Crippen LogP contribution in [0.25, 0.3) is 0 Å². The Hall–Kier alpha value is -1.28. The number of aliphatic hydroxyl groups excluding tert-OH is 1. The molecule has 2 N–H and O–H groups in total. The third-order valence-corrected chi connectivity index (χ3v) is 5.26. The van der Waals surface area contributed by atoms with E-state index in [0.717, 1.165) is 0 Å². The first kappa shape index (κ1) is 16.1. The van der Waals surface area contributed by atoms with Crippen molar-refractivity contribution in [3.8, 4) is 0 Å². The first-order chi connectivity index (χ1) is 9.94. The molecule has 4 nitrogen and oxygen atoms in total. The monoisotopic (exact) mass is 373 g/mol. The maximum atomic E-state index is 13.5. The normalized spacial score (nSPS) is 11.6. The molecule has 0 aliphatic rings. The highest BCUT2D eigenvalue weighted by Gasteiger charge is 2.18. The summed E-state index contributed by atoms with van der Waals surface area (Å²) in [4.78, 5) is 0.0380. The first-order valence-electron chi connectivity index (χ1n) is 6.06. The van der Waals surface area contributed by atoms with Crippen molar-refractivity contribution in [2.45, 2.75) is 18.0 Å².